The van der Waals surface area contributed by atoms with E-state index in [1.807, 2.05) is 0 Å². The maximum Gasteiger partial charge on any atom is 0.310 e. The van der Waals surface area contributed by atoms with Crippen molar-refractivity contribution in [1.29, 1.82) is 0 Å². The van der Waals surface area contributed by atoms with E-state index in [-0.39, 0.29) is 17.3 Å². The fourth-order valence-electron chi connectivity index (χ4n) is 1.69. The molecule has 0 saturated carbocycles. The second kappa shape index (κ2) is 8.53. The van der Waals surface area contributed by atoms with Crippen LogP contribution in [0.25, 0.3) is 0 Å². The summed E-state index contributed by atoms with van der Waals surface area (Å²) in [7, 11) is 0. The molecule has 1 aromatic carbocycles. The Morgan fingerprint density at radius 3 is 2.42 bits per heavy atom. The second-order valence-corrected chi connectivity index (χ2v) is 6.29. The third-order valence-electron chi connectivity index (χ3n) is 2.78. The maximum absolute atomic E-state index is 11.8. The van der Waals surface area contributed by atoms with Crippen LogP contribution in [0, 0.1) is 0 Å². The highest BCUT2D eigenvalue weighted by Gasteiger charge is 2.13. The normalized spacial score (nSPS) is 10.3. The van der Waals surface area contributed by atoms with E-state index in [9.17, 15) is 9.59 Å². The Kier molecular flexibility index (Phi) is 6.69. The number of hydrogen-bond donors (Lipinski definition) is 1. The molecule has 0 atom stereocenters. The minimum atomic E-state index is -0.607. The molecule has 0 saturated heterocycles. The molecule has 2 rings (SSSR count). The van der Waals surface area contributed by atoms with Crippen LogP contribution in [0.3, 0.4) is 0 Å². The van der Waals surface area contributed by atoms with Gasteiger partial charge in [0, 0.05) is 16.2 Å². The summed E-state index contributed by atoms with van der Waals surface area (Å²) in [5.74, 6) is -1.06. The van der Waals surface area contributed by atoms with Gasteiger partial charge in [-0.05, 0) is 23.8 Å². The summed E-state index contributed by atoms with van der Waals surface area (Å²) >= 11 is 23.3. The molecule has 0 aliphatic rings. The highest BCUT2D eigenvalue weighted by atomic mass is 35.5. The Balaban J connectivity index is 1.85. The molecular formula is C15H10Cl4N2O3. The summed E-state index contributed by atoms with van der Waals surface area (Å²) < 4.78 is 4.89. The maximum atomic E-state index is 11.8. The summed E-state index contributed by atoms with van der Waals surface area (Å²) in [5.41, 5.74) is 0.550. The first-order chi connectivity index (χ1) is 11.3. The minimum Gasteiger partial charge on any atom is -0.455 e. The van der Waals surface area contributed by atoms with Crippen molar-refractivity contribution in [3.63, 3.8) is 0 Å². The Morgan fingerprint density at radius 1 is 1.04 bits per heavy atom. The molecule has 1 N–H and O–H groups in total. The number of aromatic nitrogens is 1. The average molecular weight is 408 g/mol. The molecular weight excluding hydrogens is 398 g/mol. The molecule has 5 nitrogen and oxygen atoms in total. The number of hydrogen-bond acceptors (Lipinski definition) is 4. The third-order valence-corrected chi connectivity index (χ3v) is 3.86. The van der Waals surface area contributed by atoms with E-state index in [4.69, 9.17) is 51.1 Å². The van der Waals surface area contributed by atoms with E-state index in [1.54, 1.807) is 12.1 Å². The third kappa shape index (κ3) is 5.53. The van der Waals surface area contributed by atoms with Crippen LogP contribution >= 0.6 is 46.4 Å². The number of carbonyl (C=O) groups excluding carboxylic acids is 2. The van der Waals surface area contributed by atoms with Crippen LogP contribution in [0.5, 0.6) is 0 Å². The van der Waals surface area contributed by atoms with Gasteiger partial charge in [0.2, 0.25) is 0 Å². The average Bonchev–Trinajstić information content (AvgIpc) is 2.51. The summed E-state index contributed by atoms with van der Waals surface area (Å²) in [4.78, 5) is 27.4. The summed E-state index contributed by atoms with van der Waals surface area (Å²) in [5, 5.41) is 3.74. The van der Waals surface area contributed by atoms with E-state index in [2.05, 4.69) is 10.3 Å². The van der Waals surface area contributed by atoms with E-state index < -0.39 is 18.5 Å². The Morgan fingerprint density at radius 2 is 1.75 bits per heavy atom. The van der Waals surface area contributed by atoms with Crippen LogP contribution in [0.2, 0.25) is 20.1 Å². The quantitative estimate of drug-likeness (QED) is 0.744. The molecule has 1 heterocycles. The molecule has 0 bridgehead atoms. The van der Waals surface area contributed by atoms with Gasteiger partial charge in [-0.15, -0.1) is 0 Å². The molecule has 9 heteroatoms. The van der Waals surface area contributed by atoms with E-state index in [1.165, 1.54) is 18.3 Å². The molecule has 0 aliphatic heterocycles. The van der Waals surface area contributed by atoms with Gasteiger partial charge in [-0.2, -0.15) is 0 Å². The number of pyridine rings is 1. The number of halogens is 4. The fraction of sp³-hybridized carbons (Fsp3) is 0.133. The highest BCUT2D eigenvalue weighted by molar-refractivity contribution is 6.36. The molecule has 126 valence electrons. The zero-order valence-corrected chi connectivity index (χ0v) is 15.0. The van der Waals surface area contributed by atoms with Crippen molar-refractivity contribution < 1.29 is 14.3 Å². The van der Waals surface area contributed by atoms with Crippen molar-refractivity contribution in [2.45, 2.75) is 6.42 Å². The van der Waals surface area contributed by atoms with Crippen LogP contribution in [0.15, 0.2) is 30.5 Å². The molecule has 0 spiro atoms. The van der Waals surface area contributed by atoms with Crippen LogP contribution in [0.4, 0.5) is 5.82 Å². The number of benzene rings is 1. The zero-order chi connectivity index (χ0) is 17.7. The number of carbonyl (C=O) groups is 2. The summed E-state index contributed by atoms with van der Waals surface area (Å²) in [6, 6.07) is 6.17. The van der Waals surface area contributed by atoms with E-state index >= 15 is 0 Å². The molecule has 0 radical (unpaired) electrons. The first-order valence-corrected chi connectivity index (χ1v) is 8.07. The van der Waals surface area contributed by atoms with Gasteiger partial charge in [0.25, 0.3) is 5.91 Å². The number of anilines is 1. The van der Waals surface area contributed by atoms with Gasteiger partial charge in [-0.1, -0.05) is 52.5 Å². The fourth-order valence-corrected chi connectivity index (χ4v) is 2.59. The number of rotatable bonds is 5. The number of amides is 1. The van der Waals surface area contributed by atoms with Gasteiger partial charge in [-0.3, -0.25) is 9.59 Å². The van der Waals surface area contributed by atoms with E-state index in [0.717, 1.165) is 0 Å². The molecule has 0 fully saturated rings. The van der Waals surface area contributed by atoms with Crippen LogP contribution in [0.1, 0.15) is 5.56 Å². The standard InChI is InChI=1S/C15H10Cl4N2O3/c16-9-2-1-8(11(18)4-9)3-14(23)24-7-13(22)21-15-12(19)5-10(17)6-20-15/h1-2,4-6H,3,7H2,(H,20,21,22). The first kappa shape index (κ1) is 18.8. The second-order valence-electron chi connectivity index (χ2n) is 4.61. The lowest BCUT2D eigenvalue weighted by atomic mass is 10.1. The molecule has 1 amide bonds. The molecule has 24 heavy (non-hydrogen) atoms. The Bertz CT molecular complexity index is 718. The van der Waals surface area contributed by atoms with Crippen LogP contribution < -0.4 is 5.32 Å². The first-order valence-electron chi connectivity index (χ1n) is 6.55. The van der Waals surface area contributed by atoms with Gasteiger partial charge in [0.15, 0.2) is 12.4 Å². The number of nitrogens with one attached hydrogen (secondary N) is 1. The predicted octanol–water partition coefficient (Wildman–Crippen LogP) is 4.42. The summed E-state index contributed by atoms with van der Waals surface area (Å²) in [6.45, 7) is -0.481. The lowest BCUT2D eigenvalue weighted by Gasteiger charge is -2.08. The Hall–Kier alpha value is -1.53. The van der Waals surface area contributed by atoms with Crippen molar-refractivity contribution in [3.8, 4) is 0 Å². The van der Waals surface area contributed by atoms with Gasteiger partial charge < -0.3 is 10.1 Å². The molecule has 2 aromatic rings. The Labute approximate surface area is 157 Å². The summed E-state index contributed by atoms with van der Waals surface area (Å²) in [6.07, 6.45) is 1.25. The van der Waals surface area contributed by atoms with Gasteiger partial charge in [0.1, 0.15) is 0 Å². The van der Waals surface area contributed by atoms with Crippen molar-refractivity contribution in [1.82, 2.24) is 4.98 Å². The van der Waals surface area contributed by atoms with Crippen molar-refractivity contribution >= 4 is 64.1 Å². The molecule has 0 unspecified atom stereocenters. The monoisotopic (exact) mass is 406 g/mol. The highest BCUT2D eigenvalue weighted by Crippen LogP contribution is 2.23. The molecule has 0 aliphatic carbocycles. The largest absolute Gasteiger partial charge is 0.455 e. The SMILES string of the molecule is O=C(COC(=O)Cc1ccc(Cl)cc1Cl)Nc1ncc(Cl)cc1Cl. The number of ether oxygens (including phenoxy) is 1. The predicted molar refractivity (Wildman–Crippen MR) is 94.0 cm³/mol. The molecule has 1 aromatic heterocycles. The number of esters is 1. The van der Waals surface area contributed by atoms with Gasteiger partial charge in [-0.25, -0.2) is 4.98 Å². The minimum absolute atomic E-state index is 0.0801. The topological polar surface area (TPSA) is 68.3 Å². The van der Waals surface area contributed by atoms with Crippen LogP contribution in [-0.2, 0) is 20.7 Å². The van der Waals surface area contributed by atoms with Gasteiger partial charge in [0.05, 0.1) is 16.5 Å². The van der Waals surface area contributed by atoms with Crippen molar-refractivity contribution in [2.75, 3.05) is 11.9 Å². The number of nitrogens with zero attached hydrogens (tertiary/aromatic N) is 1. The smallest absolute Gasteiger partial charge is 0.310 e. The zero-order valence-electron chi connectivity index (χ0n) is 12.0. The van der Waals surface area contributed by atoms with Crippen molar-refractivity contribution in [2.24, 2.45) is 0 Å². The van der Waals surface area contributed by atoms with E-state index in [0.29, 0.717) is 20.6 Å². The van der Waals surface area contributed by atoms with Crippen molar-refractivity contribution in [3.05, 3.63) is 56.1 Å². The lowest BCUT2D eigenvalue weighted by molar-refractivity contribution is -0.146. The lowest BCUT2D eigenvalue weighted by Crippen LogP contribution is -2.22. The van der Waals surface area contributed by atoms with Gasteiger partial charge >= 0.3 is 5.97 Å². The van der Waals surface area contributed by atoms with Crippen LogP contribution in [-0.4, -0.2) is 23.5 Å².